The standard InChI is InChI=1S/C28H43N3O/c1-2-3-4-5-6-7-8-9-10-11-12-13-14-15-24-32-28-22-20-27(21-23-28)31-30-26-18-16-25(29)17-19-26/h16-23H,2-15,24,29H2,1H3. The zero-order valence-corrected chi connectivity index (χ0v) is 20.1. The van der Waals surface area contributed by atoms with Crippen LogP contribution in [0.2, 0.25) is 0 Å². The predicted molar refractivity (Wildman–Crippen MR) is 137 cm³/mol. The lowest BCUT2D eigenvalue weighted by Gasteiger charge is -2.06. The third-order valence-corrected chi connectivity index (χ3v) is 5.78. The molecule has 2 aromatic rings. The number of azo groups is 1. The van der Waals surface area contributed by atoms with E-state index in [0.717, 1.165) is 35.8 Å². The molecule has 0 spiro atoms. The zero-order chi connectivity index (χ0) is 22.7. The summed E-state index contributed by atoms with van der Waals surface area (Å²) in [5, 5.41) is 8.47. The molecule has 2 N–H and O–H groups in total. The predicted octanol–water partition coefficient (Wildman–Crippen LogP) is 9.54. The maximum atomic E-state index is 5.86. The molecule has 32 heavy (non-hydrogen) atoms. The third kappa shape index (κ3) is 12.5. The van der Waals surface area contributed by atoms with E-state index in [2.05, 4.69) is 17.2 Å². The Kier molecular flexibility index (Phi) is 13.9. The van der Waals surface area contributed by atoms with Gasteiger partial charge < -0.3 is 10.5 Å². The monoisotopic (exact) mass is 437 g/mol. The first kappa shape index (κ1) is 25.9. The molecule has 0 fully saturated rings. The number of hydrogen-bond acceptors (Lipinski definition) is 4. The fraction of sp³-hybridized carbons (Fsp3) is 0.571. The summed E-state index contributed by atoms with van der Waals surface area (Å²) in [6.45, 7) is 3.07. The molecule has 4 nitrogen and oxygen atoms in total. The topological polar surface area (TPSA) is 60.0 Å². The molecule has 0 unspecified atom stereocenters. The Labute approximate surface area is 195 Å². The lowest BCUT2D eigenvalue weighted by atomic mass is 10.0. The van der Waals surface area contributed by atoms with Gasteiger partial charge in [0.05, 0.1) is 18.0 Å². The van der Waals surface area contributed by atoms with Crippen molar-refractivity contribution in [3.63, 3.8) is 0 Å². The smallest absolute Gasteiger partial charge is 0.119 e. The average molecular weight is 438 g/mol. The molecule has 0 bridgehead atoms. The number of nitrogen functional groups attached to an aromatic ring is 1. The van der Waals surface area contributed by atoms with Crippen molar-refractivity contribution in [1.29, 1.82) is 0 Å². The number of nitrogens with two attached hydrogens (primary N) is 1. The van der Waals surface area contributed by atoms with E-state index in [9.17, 15) is 0 Å². The minimum atomic E-state index is 0.726. The van der Waals surface area contributed by atoms with E-state index in [1.54, 1.807) is 0 Å². The van der Waals surface area contributed by atoms with Gasteiger partial charge in [0.1, 0.15) is 5.75 Å². The van der Waals surface area contributed by atoms with E-state index in [1.165, 1.54) is 83.5 Å². The maximum Gasteiger partial charge on any atom is 0.119 e. The molecule has 0 amide bonds. The van der Waals surface area contributed by atoms with Crippen LogP contribution in [0.3, 0.4) is 0 Å². The first-order chi connectivity index (χ1) is 15.8. The second-order valence-electron chi connectivity index (χ2n) is 8.73. The van der Waals surface area contributed by atoms with Crippen molar-refractivity contribution in [2.45, 2.75) is 96.8 Å². The van der Waals surface area contributed by atoms with Crippen molar-refractivity contribution in [1.82, 2.24) is 0 Å². The Morgan fingerprint density at radius 3 is 1.44 bits per heavy atom. The SMILES string of the molecule is CCCCCCCCCCCCCCCCOc1ccc(N=Nc2ccc(N)cc2)cc1. The highest BCUT2D eigenvalue weighted by Gasteiger charge is 1.97. The molecule has 0 aromatic heterocycles. The second-order valence-corrected chi connectivity index (χ2v) is 8.73. The number of anilines is 1. The summed E-state index contributed by atoms with van der Waals surface area (Å²) in [5.74, 6) is 0.895. The van der Waals surface area contributed by atoms with Gasteiger partial charge in [-0.1, -0.05) is 90.4 Å². The summed E-state index contributed by atoms with van der Waals surface area (Å²) in [6, 6.07) is 15.1. The highest BCUT2D eigenvalue weighted by molar-refractivity contribution is 5.48. The van der Waals surface area contributed by atoms with E-state index in [0.29, 0.717) is 0 Å². The molecule has 4 heteroatoms. The zero-order valence-electron chi connectivity index (χ0n) is 20.1. The summed E-state index contributed by atoms with van der Waals surface area (Å²) in [7, 11) is 0. The maximum absolute atomic E-state index is 5.86. The quantitative estimate of drug-likeness (QED) is 0.143. The first-order valence-corrected chi connectivity index (χ1v) is 12.8. The van der Waals surface area contributed by atoms with E-state index < -0.39 is 0 Å². The van der Waals surface area contributed by atoms with E-state index in [4.69, 9.17) is 10.5 Å². The van der Waals surface area contributed by atoms with Gasteiger partial charge in [-0.2, -0.15) is 10.2 Å². The molecular weight excluding hydrogens is 394 g/mol. The molecule has 0 radical (unpaired) electrons. The number of ether oxygens (including phenoxy) is 1. The Bertz CT molecular complexity index is 725. The van der Waals surface area contributed by atoms with Crippen LogP contribution in [0.25, 0.3) is 0 Å². The van der Waals surface area contributed by atoms with E-state index >= 15 is 0 Å². The fourth-order valence-electron chi connectivity index (χ4n) is 3.75. The Balaban J connectivity index is 1.43. The molecule has 0 atom stereocenters. The molecule has 176 valence electrons. The van der Waals surface area contributed by atoms with Crippen LogP contribution < -0.4 is 10.5 Å². The fourth-order valence-corrected chi connectivity index (χ4v) is 3.75. The van der Waals surface area contributed by atoms with Crippen molar-refractivity contribution >= 4 is 17.1 Å². The van der Waals surface area contributed by atoms with Crippen LogP contribution in [0.15, 0.2) is 58.8 Å². The minimum absolute atomic E-state index is 0.726. The number of unbranched alkanes of at least 4 members (excludes halogenated alkanes) is 13. The highest BCUT2D eigenvalue weighted by atomic mass is 16.5. The summed E-state index contributed by atoms with van der Waals surface area (Å²) in [6.07, 6.45) is 19.2. The largest absolute Gasteiger partial charge is 0.494 e. The van der Waals surface area contributed by atoms with Gasteiger partial charge in [0.2, 0.25) is 0 Å². The molecule has 0 aliphatic heterocycles. The summed E-state index contributed by atoms with van der Waals surface area (Å²) >= 11 is 0. The lowest BCUT2D eigenvalue weighted by Crippen LogP contribution is -1.96. The van der Waals surface area contributed by atoms with Gasteiger partial charge in [-0.15, -0.1) is 0 Å². The van der Waals surface area contributed by atoms with Gasteiger partial charge in [0, 0.05) is 5.69 Å². The van der Waals surface area contributed by atoms with Crippen LogP contribution in [0.1, 0.15) is 96.8 Å². The molecule has 0 saturated heterocycles. The molecular formula is C28H43N3O. The van der Waals surface area contributed by atoms with Crippen LogP contribution in [0.4, 0.5) is 17.1 Å². The van der Waals surface area contributed by atoms with Crippen molar-refractivity contribution in [2.24, 2.45) is 10.2 Å². The van der Waals surface area contributed by atoms with Crippen molar-refractivity contribution in [2.75, 3.05) is 12.3 Å². The Morgan fingerprint density at radius 2 is 0.969 bits per heavy atom. The normalized spacial score (nSPS) is 11.3. The third-order valence-electron chi connectivity index (χ3n) is 5.78. The van der Waals surface area contributed by atoms with Crippen LogP contribution in [-0.2, 0) is 0 Å². The van der Waals surface area contributed by atoms with Crippen molar-refractivity contribution in [3.8, 4) is 5.75 Å². The number of nitrogens with zero attached hydrogens (tertiary/aromatic N) is 2. The van der Waals surface area contributed by atoms with Crippen LogP contribution in [0.5, 0.6) is 5.75 Å². The van der Waals surface area contributed by atoms with Crippen LogP contribution >= 0.6 is 0 Å². The van der Waals surface area contributed by atoms with Gasteiger partial charge in [0.25, 0.3) is 0 Å². The number of hydrogen-bond donors (Lipinski definition) is 1. The second kappa shape index (κ2) is 17.2. The highest BCUT2D eigenvalue weighted by Crippen LogP contribution is 2.22. The van der Waals surface area contributed by atoms with Crippen molar-refractivity contribution in [3.05, 3.63) is 48.5 Å². The molecule has 0 saturated carbocycles. The van der Waals surface area contributed by atoms with Crippen LogP contribution in [-0.4, -0.2) is 6.61 Å². The number of rotatable bonds is 18. The van der Waals surface area contributed by atoms with Gasteiger partial charge in [-0.3, -0.25) is 0 Å². The van der Waals surface area contributed by atoms with Gasteiger partial charge in [0.15, 0.2) is 0 Å². The van der Waals surface area contributed by atoms with Gasteiger partial charge in [-0.25, -0.2) is 0 Å². The summed E-state index contributed by atoms with van der Waals surface area (Å²) in [4.78, 5) is 0. The lowest BCUT2D eigenvalue weighted by molar-refractivity contribution is 0.304. The van der Waals surface area contributed by atoms with E-state index in [-0.39, 0.29) is 0 Å². The minimum Gasteiger partial charge on any atom is -0.494 e. The van der Waals surface area contributed by atoms with E-state index in [1.807, 2.05) is 48.5 Å². The molecule has 0 heterocycles. The average Bonchev–Trinajstić information content (AvgIpc) is 2.82. The first-order valence-electron chi connectivity index (χ1n) is 12.8. The Morgan fingerprint density at radius 1 is 0.562 bits per heavy atom. The number of benzene rings is 2. The molecule has 0 aliphatic rings. The van der Waals surface area contributed by atoms with Crippen LogP contribution in [0, 0.1) is 0 Å². The van der Waals surface area contributed by atoms with Gasteiger partial charge in [-0.05, 0) is 55.0 Å². The molecule has 0 aliphatic carbocycles. The molecule has 2 aromatic carbocycles. The summed E-state index contributed by atoms with van der Waals surface area (Å²) in [5.41, 5.74) is 8.01. The molecule has 2 rings (SSSR count). The van der Waals surface area contributed by atoms with Crippen molar-refractivity contribution < 1.29 is 4.74 Å². The van der Waals surface area contributed by atoms with Gasteiger partial charge >= 0.3 is 0 Å². The Hall–Kier alpha value is -2.36. The summed E-state index contributed by atoms with van der Waals surface area (Å²) < 4.78 is 5.86.